The topological polar surface area (TPSA) is 26.3 Å². The zero-order valence-electron chi connectivity index (χ0n) is 13.1. The fourth-order valence-corrected chi connectivity index (χ4v) is 2.23. The van der Waals surface area contributed by atoms with Gasteiger partial charge in [-0.1, -0.05) is 69.3 Å². The molecule has 0 aliphatic carbocycles. The zero-order chi connectivity index (χ0) is 15.5. The Hall–Kier alpha value is -1.93. The first-order valence-electron chi connectivity index (χ1n) is 7.15. The highest BCUT2D eigenvalue weighted by molar-refractivity contribution is 5.97. The van der Waals surface area contributed by atoms with E-state index in [-0.39, 0.29) is 17.8 Å². The standard InChI is InChI=1S/C19H22O2/c1-19(2,3)17-11-9-15(10-12-17)14-5-7-16(8-6-14)18(20)13-21-4/h5-12H,13H2,1-4H3. The second kappa shape index (κ2) is 6.23. The number of carbonyl (C=O) groups is 1. The smallest absolute Gasteiger partial charge is 0.188 e. The van der Waals surface area contributed by atoms with E-state index >= 15 is 0 Å². The molecule has 21 heavy (non-hydrogen) atoms. The van der Waals surface area contributed by atoms with Crippen molar-refractivity contribution < 1.29 is 9.53 Å². The van der Waals surface area contributed by atoms with Crippen LogP contribution >= 0.6 is 0 Å². The van der Waals surface area contributed by atoms with Gasteiger partial charge in [0.05, 0.1) is 0 Å². The van der Waals surface area contributed by atoms with Crippen LogP contribution < -0.4 is 0 Å². The molecule has 0 spiro atoms. The van der Waals surface area contributed by atoms with Gasteiger partial charge in [-0.15, -0.1) is 0 Å². The molecule has 0 fully saturated rings. The molecule has 2 nitrogen and oxygen atoms in total. The lowest BCUT2D eigenvalue weighted by atomic mass is 9.86. The Balaban J connectivity index is 2.21. The van der Waals surface area contributed by atoms with Crippen LogP contribution in [0.25, 0.3) is 11.1 Å². The number of hydrogen-bond donors (Lipinski definition) is 0. The van der Waals surface area contributed by atoms with Crippen molar-refractivity contribution in [2.45, 2.75) is 26.2 Å². The Morgan fingerprint density at radius 2 is 1.38 bits per heavy atom. The van der Waals surface area contributed by atoms with E-state index in [1.807, 2.05) is 24.3 Å². The van der Waals surface area contributed by atoms with Gasteiger partial charge in [-0.2, -0.15) is 0 Å². The van der Waals surface area contributed by atoms with Crippen molar-refractivity contribution in [3.8, 4) is 11.1 Å². The predicted molar refractivity (Wildman–Crippen MR) is 86.8 cm³/mol. The molecule has 0 saturated carbocycles. The van der Waals surface area contributed by atoms with Gasteiger partial charge in [0, 0.05) is 12.7 Å². The summed E-state index contributed by atoms with van der Waals surface area (Å²) >= 11 is 0. The monoisotopic (exact) mass is 282 g/mol. The second-order valence-corrected chi connectivity index (χ2v) is 6.26. The first-order valence-corrected chi connectivity index (χ1v) is 7.15. The van der Waals surface area contributed by atoms with Gasteiger partial charge in [0.25, 0.3) is 0 Å². The Bertz CT molecular complexity index is 602. The molecule has 0 aliphatic rings. The van der Waals surface area contributed by atoms with Crippen LogP contribution in [0.3, 0.4) is 0 Å². The molecule has 0 unspecified atom stereocenters. The maximum Gasteiger partial charge on any atom is 0.188 e. The maximum atomic E-state index is 11.7. The summed E-state index contributed by atoms with van der Waals surface area (Å²) in [6, 6.07) is 16.3. The van der Waals surface area contributed by atoms with Crippen LogP contribution in [0.1, 0.15) is 36.7 Å². The number of rotatable bonds is 4. The molecule has 2 rings (SSSR count). The molecule has 2 heteroatoms. The molecule has 110 valence electrons. The van der Waals surface area contributed by atoms with E-state index in [0.717, 1.165) is 11.1 Å². The van der Waals surface area contributed by atoms with Crippen LogP contribution in [0.2, 0.25) is 0 Å². The van der Waals surface area contributed by atoms with E-state index in [0.29, 0.717) is 5.56 Å². The van der Waals surface area contributed by atoms with Crippen molar-refractivity contribution in [2.75, 3.05) is 13.7 Å². The molecule has 0 bridgehead atoms. The normalized spacial score (nSPS) is 11.4. The van der Waals surface area contributed by atoms with Crippen molar-refractivity contribution in [3.63, 3.8) is 0 Å². The van der Waals surface area contributed by atoms with Crippen molar-refractivity contribution in [1.82, 2.24) is 0 Å². The van der Waals surface area contributed by atoms with Gasteiger partial charge in [0.15, 0.2) is 5.78 Å². The number of Topliss-reactive ketones (excluding diaryl/α,β-unsaturated/α-hetero) is 1. The van der Waals surface area contributed by atoms with Gasteiger partial charge in [0.1, 0.15) is 6.61 Å². The van der Waals surface area contributed by atoms with Crippen LogP contribution in [0, 0.1) is 0 Å². The third-order valence-corrected chi connectivity index (χ3v) is 3.57. The van der Waals surface area contributed by atoms with Crippen LogP contribution in [-0.2, 0) is 10.2 Å². The molecule has 0 aromatic heterocycles. The van der Waals surface area contributed by atoms with Crippen molar-refractivity contribution in [3.05, 3.63) is 59.7 Å². The van der Waals surface area contributed by atoms with E-state index in [1.165, 1.54) is 12.7 Å². The fraction of sp³-hybridized carbons (Fsp3) is 0.316. The van der Waals surface area contributed by atoms with Crippen molar-refractivity contribution >= 4 is 5.78 Å². The first-order chi connectivity index (χ1) is 9.91. The highest BCUT2D eigenvalue weighted by Gasteiger charge is 2.13. The summed E-state index contributed by atoms with van der Waals surface area (Å²) in [6.07, 6.45) is 0. The first kappa shape index (κ1) is 15.5. The van der Waals surface area contributed by atoms with Crippen LogP contribution in [0.5, 0.6) is 0 Å². The lowest BCUT2D eigenvalue weighted by molar-refractivity contribution is 0.0848. The number of ketones is 1. The third-order valence-electron chi connectivity index (χ3n) is 3.57. The minimum atomic E-state index is 0.00660. The van der Waals surface area contributed by atoms with Crippen molar-refractivity contribution in [1.29, 1.82) is 0 Å². The quantitative estimate of drug-likeness (QED) is 0.773. The highest BCUT2D eigenvalue weighted by atomic mass is 16.5. The lowest BCUT2D eigenvalue weighted by Gasteiger charge is -2.19. The Labute approximate surface area is 126 Å². The maximum absolute atomic E-state index is 11.7. The highest BCUT2D eigenvalue weighted by Crippen LogP contribution is 2.26. The minimum Gasteiger partial charge on any atom is -0.377 e. The molecule has 0 radical (unpaired) electrons. The lowest BCUT2D eigenvalue weighted by Crippen LogP contribution is -2.10. The van der Waals surface area contributed by atoms with E-state index in [2.05, 4.69) is 45.0 Å². The van der Waals surface area contributed by atoms with Gasteiger partial charge in [-0.05, 0) is 22.1 Å². The largest absolute Gasteiger partial charge is 0.377 e. The molecule has 2 aromatic rings. The minimum absolute atomic E-state index is 0.00660. The molecule has 0 N–H and O–H groups in total. The average Bonchev–Trinajstić information content (AvgIpc) is 2.47. The Morgan fingerprint density at radius 3 is 1.81 bits per heavy atom. The number of hydrogen-bond acceptors (Lipinski definition) is 2. The summed E-state index contributed by atoms with van der Waals surface area (Å²) in [7, 11) is 1.53. The van der Waals surface area contributed by atoms with Crippen LogP contribution in [-0.4, -0.2) is 19.5 Å². The van der Waals surface area contributed by atoms with E-state index in [9.17, 15) is 4.79 Å². The molecule has 0 heterocycles. The molecule has 0 saturated heterocycles. The van der Waals surface area contributed by atoms with Crippen LogP contribution in [0.15, 0.2) is 48.5 Å². The summed E-state index contributed by atoms with van der Waals surface area (Å²) in [6.45, 7) is 6.74. The number of ether oxygens (including phenoxy) is 1. The van der Waals surface area contributed by atoms with Crippen molar-refractivity contribution in [2.24, 2.45) is 0 Å². The van der Waals surface area contributed by atoms with Gasteiger partial charge < -0.3 is 4.74 Å². The molecule has 2 aromatic carbocycles. The molecular formula is C19H22O2. The third kappa shape index (κ3) is 3.79. The number of carbonyl (C=O) groups excluding carboxylic acids is 1. The fourth-order valence-electron chi connectivity index (χ4n) is 2.23. The van der Waals surface area contributed by atoms with E-state index in [1.54, 1.807) is 0 Å². The molecule has 0 amide bonds. The average molecular weight is 282 g/mol. The predicted octanol–water partition coefficient (Wildman–Crippen LogP) is 4.48. The Kier molecular flexibility index (Phi) is 4.59. The van der Waals surface area contributed by atoms with Gasteiger partial charge >= 0.3 is 0 Å². The van der Waals surface area contributed by atoms with Gasteiger partial charge in [-0.25, -0.2) is 0 Å². The molecule has 0 aliphatic heterocycles. The SMILES string of the molecule is COCC(=O)c1ccc(-c2ccc(C(C)(C)C)cc2)cc1. The molecule has 0 atom stereocenters. The zero-order valence-corrected chi connectivity index (χ0v) is 13.1. The summed E-state index contributed by atoms with van der Waals surface area (Å²) in [5.74, 6) is 0.00660. The second-order valence-electron chi connectivity index (χ2n) is 6.26. The summed E-state index contributed by atoms with van der Waals surface area (Å²) in [5, 5.41) is 0. The Morgan fingerprint density at radius 1 is 0.905 bits per heavy atom. The van der Waals surface area contributed by atoms with E-state index < -0.39 is 0 Å². The van der Waals surface area contributed by atoms with Gasteiger partial charge in [-0.3, -0.25) is 4.79 Å². The summed E-state index contributed by atoms with van der Waals surface area (Å²) in [5.41, 5.74) is 4.44. The summed E-state index contributed by atoms with van der Waals surface area (Å²) < 4.78 is 4.87. The van der Waals surface area contributed by atoms with Crippen LogP contribution in [0.4, 0.5) is 0 Å². The summed E-state index contributed by atoms with van der Waals surface area (Å²) in [4.78, 5) is 11.7. The number of benzene rings is 2. The van der Waals surface area contributed by atoms with E-state index in [4.69, 9.17) is 4.74 Å². The van der Waals surface area contributed by atoms with Gasteiger partial charge in [0.2, 0.25) is 0 Å². The molecular weight excluding hydrogens is 260 g/mol. The number of methoxy groups -OCH3 is 1.